The van der Waals surface area contributed by atoms with Crippen molar-refractivity contribution in [2.45, 2.75) is 51.0 Å². The van der Waals surface area contributed by atoms with Crippen molar-refractivity contribution >= 4 is 17.7 Å². The Morgan fingerprint density at radius 2 is 1.63 bits per heavy atom. The Balaban J connectivity index is 1.25. The van der Waals surface area contributed by atoms with E-state index in [2.05, 4.69) is 16.5 Å². The number of anilines is 1. The summed E-state index contributed by atoms with van der Waals surface area (Å²) in [7, 11) is 0. The molecule has 3 aromatic carbocycles. The molecule has 7 nitrogen and oxygen atoms in total. The molecule has 7 heteroatoms. The topological polar surface area (TPSA) is 102 Å². The number of carboxylic acids is 1. The second kappa shape index (κ2) is 9.17. The molecular formula is C31H28N2O5. The Morgan fingerprint density at radius 3 is 2.26 bits per heavy atom. The van der Waals surface area contributed by atoms with Crippen LogP contribution < -0.4 is 5.32 Å². The molecule has 38 heavy (non-hydrogen) atoms. The van der Waals surface area contributed by atoms with Gasteiger partial charge in [0.05, 0.1) is 5.41 Å². The molecule has 2 aliphatic rings. The first-order valence-corrected chi connectivity index (χ1v) is 12.9. The molecule has 1 unspecified atom stereocenters. The summed E-state index contributed by atoms with van der Waals surface area (Å²) < 4.78 is 11.3. The highest BCUT2D eigenvalue weighted by molar-refractivity contribution is 5.92. The second-order valence-electron chi connectivity index (χ2n) is 10.1. The van der Waals surface area contributed by atoms with Gasteiger partial charge in [0.25, 0.3) is 0 Å². The number of rotatable bonds is 7. The Morgan fingerprint density at radius 1 is 0.974 bits per heavy atom. The molecule has 1 saturated carbocycles. The van der Waals surface area contributed by atoms with Gasteiger partial charge in [-0.25, -0.2) is 4.79 Å². The maximum atomic E-state index is 12.7. The molecule has 1 aromatic heterocycles. The molecular weight excluding hydrogens is 480 g/mol. The van der Waals surface area contributed by atoms with Crippen molar-refractivity contribution in [1.29, 1.82) is 0 Å². The highest BCUT2D eigenvalue weighted by atomic mass is 16.6. The van der Waals surface area contributed by atoms with Crippen LogP contribution in [-0.2, 0) is 27.8 Å². The smallest absolute Gasteiger partial charge is 0.412 e. The van der Waals surface area contributed by atoms with Gasteiger partial charge in [-0.05, 0) is 72.9 Å². The van der Waals surface area contributed by atoms with Gasteiger partial charge >= 0.3 is 12.1 Å². The third-order valence-corrected chi connectivity index (χ3v) is 7.85. The predicted molar refractivity (Wildman–Crippen MR) is 143 cm³/mol. The largest absolute Gasteiger partial charge is 0.481 e. The van der Waals surface area contributed by atoms with E-state index in [9.17, 15) is 14.7 Å². The van der Waals surface area contributed by atoms with Crippen LogP contribution in [0.15, 0.2) is 71.3 Å². The molecule has 2 aliphatic carbocycles. The van der Waals surface area contributed by atoms with Crippen LogP contribution in [0.4, 0.5) is 10.5 Å². The lowest BCUT2D eigenvalue weighted by Gasteiger charge is -2.26. The highest BCUT2D eigenvalue weighted by Gasteiger charge is 2.51. The van der Waals surface area contributed by atoms with Crippen molar-refractivity contribution in [1.82, 2.24) is 5.16 Å². The van der Waals surface area contributed by atoms with E-state index in [1.54, 1.807) is 6.92 Å². The normalized spacial score (nSPS) is 15.6. The summed E-state index contributed by atoms with van der Waals surface area (Å²) in [6.07, 6.45) is 2.24. The lowest BCUT2D eigenvalue weighted by Crippen LogP contribution is -2.19. The summed E-state index contributed by atoms with van der Waals surface area (Å²) >= 11 is 0. The van der Waals surface area contributed by atoms with E-state index in [4.69, 9.17) is 9.26 Å². The molecule has 1 heterocycles. The number of carboxylic acid groups (broad SMARTS) is 1. The van der Waals surface area contributed by atoms with Crippen molar-refractivity contribution in [3.8, 4) is 22.5 Å². The van der Waals surface area contributed by atoms with E-state index >= 15 is 0 Å². The second-order valence-corrected chi connectivity index (χ2v) is 10.1. The van der Waals surface area contributed by atoms with Crippen molar-refractivity contribution in [3.63, 3.8) is 0 Å². The maximum Gasteiger partial charge on any atom is 0.412 e. The van der Waals surface area contributed by atoms with Crippen molar-refractivity contribution in [3.05, 3.63) is 94.7 Å². The van der Waals surface area contributed by atoms with Crippen molar-refractivity contribution in [2.24, 2.45) is 0 Å². The zero-order valence-corrected chi connectivity index (χ0v) is 21.3. The fraction of sp³-hybridized carbons (Fsp3) is 0.258. The van der Waals surface area contributed by atoms with E-state index in [1.807, 2.05) is 67.6 Å². The van der Waals surface area contributed by atoms with E-state index in [0.29, 0.717) is 30.0 Å². The summed E-state index contributed by atoms with van der Waals surface area (Å²) in [6, 6.07) is 21.5. The molecule has 2 N–H and O–H groups in total. The molecule has 0 spiro atoms. The van der Waals surface area contributed by atoms with E-state index in [-0.39, 0.29) is 0 Å². The first-order chi connectivity index (χ1) is 18.4. The molecule has 192 valence electrons. The molecule has 1 atom stereocenters. The van der Waals surface area contributed by atoms with Crippen molar-refractivity contribution < 1.29 is 24.0 Å². The predicted octanol–water partition coefficient (Wildman–Crippen LogP) is 6.84. The average Bonchev–Trinajstić information content (AvgIpc) is 3.64. The summed E-state index contributed by atoms with van der Waals surface area (Å²) in [5.74, 6) is -0.231. The van der Waals surface area contributed by atoms with Gasteiger partial charge in [-0.1, -0.05) is 71.9 Å². The van der Waals surface area contributed by atoms with Gasteiger partial charge in [0.1, 0.15) is 17.5 Å². The fourth-order valence-electron chi connectivity index (χ4n) is 5.33. The van der Waals surface area contributed by atoms with Gasteiger partial charge in [0.2, 0.25) is 0 Å². The molecule has 0 saturated heterocycles. The van der Waals surface area contributed by atoms with Crippen molar-refractivity contribution in [2.75, 3.05) is 5.32 Å². The minimum atomic E-state index is -0.746. The van der Waals surface area contributed by atoms with Crippen LogP contribution in [0.3, 0.4) is 0 Å². The number of benzene rings is 3. The Bertz CT molecular complexity index is 1530. The number of nitrogens with zero attached hydrogens (tertiary/aromatic N) is 1. The van der Waals surface area contributed by atoms with Crippen LogP contribution in [-0.4, -0.2) is 22.3 Å². The number of aliphatic carboxylic acids is 1. The lowest BCUT2D eigenvalue weighted by molar-refractivity contribution is -0.140. The van der Waals surface area contributed by atoms with Gasteiger partial charge in [-0.2, -0.15) is 0 Å². The fourth-order valence-corrected chi connectivity index (χ4v) is 5.33. The molecule has 1 amide bonds. The number of aromatic nitrogens is 1. The molecule has 6 rings (SSSR count). The van der Waals surface area contributed by atoms with E-state index < -0.39 is 23.6 Å². The van der Waals surface area contributed by atoms with Gasteiger partial charge in [-0.3, -0.25) is 10.1 Å². The van der Waals surface area contributed by atoms with Crippen LogP contribution in [0, 0.1) is 6.92 Å². The third-order valence-electron chi connectivity index (χ3n) is 7.85. The molecule has 4 aromatic rings. The minimum Gasteiger partial charge on any atom is -0.481 e. The summed E-state index contributed by atoms with van der Waals surface area (Å²) in [6.45, 7) is 3.62. The number of aryl methyl sites for hydroxylation is 1. The van der Waals surface area contributed by atoms with Gasteiger partial charge < -0.3 is 14.4 Å². The number of carbonyl (C=O) groups is 2. The summed E-state index contributed by atoms with van der Waals surface area (Å²) in [5.41, 5.74) is 7.63. The van der Waals surface area contributed by atoms with Crippen LogP contribution in [0.25, 0.3) is 22.5 Å². The Labute approximate surface area is 220 Å². The number of nitrogens with one attached hydrogen (secondary N) is 1. The van der Waals surface area contributed by atoms with Gasteiger partial charge in [-0.15, -0.1) is 0 Å². The zero-order valence-electron chi connectivity index (χ0n) is 21.3. The number of fused-ring (bicyclic) bond motifs is 1. The number of amides is 1. The van der Waals surface area contributed by atoms with Crippen LogP contribution >= 0.6 is 0 Å². The lowest BCUT2D eigenvalue weighted by atomic mass is 9.78. The Hall–Kier alpha value is -4.39. The molecule has 0 radical (unpaired) electrons. The quantitative estimate of drug-likeness (QED) is 0.283. The average molecular weight is 509 g/mol. The van der Waals surface area contributed by atoms with Crippen LogP contribution in [0.2, 0.25) is 0 Å². The first kappa shape index (κ1) is 24.0. The first-order valence-electron chi connectivity index (χ1n) is 12.9. The standard InChI is InChI=1S/C31H28N2O5/c1-18-27(32-30(36)37-19(2)20-6-4-3-5-7-20)28(38-33-18)26-15-12-23(24-13-14-25(24)26)21-8-10-22(11-9-21)31(16-17-31)29(34)35/h3-12,15,19H,13-14,16-17H2,1-2H3,(H,32,36)(H,34,35). The molecule has 0 aliphatic heterocycles. The third kappa shape index (κ3) is 4.04. The van der Waals surface area contributed by atoms with Crippen LogP contribution in [0.5, 0.6) is 0 Å². The number of ether oxygens (including phenoxy) is 1. The SMILES string of the molecule is Cc1noc(-c2ccc(-c3ccc(C4(C(=O)O)CC4)cc3)c3c2CC3)c1NC(=O)OC(C)c1ccccc1. The van der Waals surface area contributed by atoms with Gasteiger partial charge in [0, 0.05) is 5.56 Å². The monoisotopic (exact) mass is 508 g/mol. The molecule has 1 fully saturated rings. The number of carbonyl (C=O) groups excluding carboxylic acids is 1. The summed E-state index contributed by atoms with van der Waals surface area (Å²) in [4.78, 5) is 24.4. The van der Waals surface area contributed by atoms with Crippen LogP contribution in [0.1, 0.15) is 53.8 Å². The van der Waals surface area contributed by atoms with E-state index in [1.165, 1.54) is 11.1 Å². The molecule has 0 bridgehead atoms. The Kier molecular flexibility index (Phi) is 5.79. The summed E-state index contributed by atoms with van der Waals surface area (Å²) in [5, 5.41) is 16.6. The minimum absolute atomic E-state index is 0.406. The van der Waals surface area contributed by atoms with E-state index in [0.717, 1.165) is 40.7 Å². The zero-order chi connectivity index (χ0) is 26.4. The van der Waals surface area contributed by atoms with Gasteiger partial charge in [0.15, 0.2) is 5.76 Å². The number of hydrogen-bond acceptors (Lipinski definition) is 5. The highest BCUT2D eigenvalue weighted by Crippen LogP contribution is 2.49. The number of hydrogen-bond donors (Lipinski definition) is 2. The maximum absolute atomic E-state index is 12.7.